The molecule has 1 aromatic rings. The summed E-state index contributed by atoms with van der Waals surface area (Å²) in [6, 6.07) is 7.12. The maximum Gasteiger partial charge on any atom is 0.290 e. The van der Waals surface area contributed by atoms with E-state index in [0.717, 1.165) is 6.92 Å². The van der Waals surface area contributed by atoms with Crippen LogP contribution < -0.4 is 0 Å². The van der Waals surface area contributed by atoms with E-state index in [1.165, 1.54) is 24.3 Å². The van der Waals surface area contributed by atoms with E-state index in [9.17, 15) is 19.4 Å². The number of aliphatic hydroxyl groups excluding tert-OH is 1. The third kappa shape index (κ3) is 4.16. The minimum absolute atomic E-state index is 0.117. The van der Waals surface area contributed by atoms with Gasteiger partial charge in [0.05, 0.1) is 6.10 Å². The highest BCUT2D eigenvalue weighted by atomic mass is 32.5. The minimum atomic E-state index is -9.69. The summed E-state index contributed by atoms with van der Waals surface area (Å²) in [5.41, 5.74) is 0.117. The molecular formula is C10H13F5OS. The van der Waals surface area contributed by atoms with Crippen molar-refractivity contribution in [2.75, 3.05) is 0 Å². The lowest BCUT2D eigenvalue weighted by molar-refractivity contribution is 0.165. The van der Waals surface area contributed by atoms with E-state index in [2.05, 4.69) is 0 Å². The van der Waals surface area contributed by atoms with Crippen molar-refractivity contribution < 1.29 is 24.5 Å². The molecule has 0 fully saturated rings. The van der Waals surface area contributed by atoms with Gasteiger partial charge in [0.25, 0.3) is 10.2 Å². The number of rotatable bonds is 4. The van der Waals surface area contributed by atoms with Gasteiger partial charge in [0.2, 0.25) is 0 Å². The summed E-state index contributed by atoms with van der Waals surface area (Å²) >= 11 is 0. The van der Waals surface area contributed by atoms with Crippen molar-refractivity contribution in [3.05, 3.63) is 35.9 Å². The lowest BCUT2D eigenvalue weighted by Crippen LogP contribution is -2.36. The zero-order valence-corrected chi connectivity index (χ0v) is 9.81. The summed E-state index contributed by atoms with van der Waals surface area (Å²) in [7, 11) is -9.69. The molecule has 0 amide bonds. The van der Waals surface area contributed by atoms with E-state index in [0.29, 0.717) is 0 Å². The molecule has 1 N–H and O–H groups in total. The molecule has 0 aliphatic heterocycles. The topological polar surface area (TPSA) is 20.2 Å². The van der Waals surface area contributed by atoms with Crippen molar-refractivity contribution in [1.29, 1.82) is 0 Å². The van der Waals surface area contributed by atoms with E-state index in [-0.39, 0.29) is 5.56 Å². The van der Waals surface area contributed by atoms with Crippen molar-refractivity contribution in [1.82, 2.24) is 0 Å². The van der Waals surface area contributed by atoms with Gasteiger partial charge in [-0.15, -0.1) is 0 Å². The Labute approximate surface area is 96.0 Å². The quantitative estimate of drug-likeness (QED) is 0.814. The Hall–Kier alpha value is -0.820. The van der Waals surface area contributed by atoms with Crippen LogP contribution in [0.2, 0.25) is 0 Å². The monoisotopic (exact) mass is 276 g/mol. The van der Waals surface area contributed by atoms with Gasteiger partial charge in [0.1, 0.15) is 5.25 Å². The predicted molar refractivity (Wildman–Crippen MR) is 58.7 cm³/mol. The van der Waals surface area contributed by atoms with Gasteiger partial charge in [-0.2, -0.15) is 0 Å². The molecule has 0 bridgehead atoms. The SMILES string of the molecule is CC(O)C(Cc1ccccc1)S(F)(F)(F)(F)F. The molecule has 0 radical (unpaired) electrons. The van der Waals surface area contributed by atoms with E-state index in [1.807, 2.05) is 0 Å². The van der Waals surface area contributed by atoms with E-state index < -0.39 is 28.0 Å². The van der Waals surface area contributed by atoms with Crippen molar-refractivity contribution in [3.8, 4) is 0 Å². The number of halogens is 5. The zero-order chi connectivity index (χ0) is 13.4. The van der Waals surface area contributed by atoms with Crippen molar-refractivity contribution in [3.63, 3.8) is 0 Å². The molecule has 17 heavy (non-hydrogen) atoms. The number of hydrogen-bond donors (Lipinski definition) is 1. The second-order valence-electron chi connectivity index (χ2n) is 4.00. The maximum absolute atomic E-state index is 12.7. The van der Waals surface area contributed by atoms with E-state index >= 15 is 0 Å². The summed E-state index contributed by atoms with van der Waals surface area (Å²) in [6.07, 6.45) is -3.07. The first kappa shape index (κ1) is 14.2. The molecule has 1 rings (SSSR count). The molecule has 2 unspecified atom stereocenters. The van der Waals surface area contributed by atoms with Gasteiger partial charge in [-0.1, -0.05) is 49.8 Å². The standard InChI is InChI=1S/C10H13F5OS/c1-8(16)10(17(11,12,13,14)15)7-9-5-3-2-4-6-9/h2-6,8,10,16H,7H2,1H3. The first-order valence-electron chi connectivity index (χ1n) is 4.85. The Morgan fingerprint density at radius 2 is 1.53 bits per heavy atom. The summed E-state index contributed by atoms with van der Waals surface area (Å²) < 4.78 is 63.3. The molecular weight excluding hydrogens is 263 g/mol. The number of benzene rings is 1. The van der Waals surface area contributed by atoms with Crippen molar-refractivity contribution >= 4 is 10.2 Å². The van der Waals surface area contributed by atoms with E-state index in [4.69, 9.17) is 5.11 Å². The lowest BCUT2D eigenvalue weighted by Gasteiger charge is -2.48. The first-order chi connectivity index (χ1) is 7.40. The third-order valence-corrected chi connectivity index (χ3v) is 4.09. The molecule has 7 heteroatoms. The maximum atomic E-state index is 12.7. The Kier molecular flexibility index (Phi) is 3.00. The average molecular weight is 276 g/mol. The molecule has 2 atom stereocenters. The Morgan fingerprint density at radius 1 is 1.06 bits per heavy atom. The highest BCUT2D eigenvalue weighted by Gasteiger charge is 2.70. The van der Waals surface area contributed by atoms with Crippen LogP contribution in [0.1, 0.15) is 12.5 Å². The molecule has 0 saturated heterocycles. The molecule has 0 aliphatic carbocycles. The van der Waals surface area contributed by atoms with Gasteiger partial charge >= 0.3 is 0 Å². The first-order valence-corrected chi connectivity index (χ1v) is 6.86. The number of aliphatic hydroxyl groups is 1. The second kappa shape index (κ2) is 3.58. The molecule has 0 heterocycles. The van der Waals surface area contributed by atoms with Crippen LogP contribution in [0.25, 0.3) is 0 Å². The normalized spacial score (nSPS) is 20.2. The van der Waals surface area contributed by atoms with Crippen LogP contribution in [0.15, 0.2) is 30.3 Å². The zero-order valence-electron chi connectivity index (χ0n) is 8.99. The summed E-state index contributed by atoms with van der Waals surface area (Å²) in [5.74, 6) is 0. The van der Waals surface area contributed by atoms with Gasteiger partial charge in [0.15, 0.2) is 0 Å². The highest BCUT2D eigenvalue weighted by Crippen LogP contribution is 3.00. The van der Waals surface area contributed by atoms with Crippen LogP contribution in [-0.4, -0.2) is 16.5 Å². The van der Waals surface area contributed by atoms with Crippen LogP contribution in [-0.2, 0) is 6.42 Å². The van der Waals surface area contributed by atoms with Gasteiger partial charge in [-0.3, -0.25) is 0 Å². The van der Waals surface area contributed by atoms with Gasteiger partial charge in [0, 0.05) is 0 Å². The molecule has 1 nitrogen and oxygen atoms in total. The van der Waals surface area contributed by atoms with Crippen LogP contribution >= 0.6 is 10.2 Å². The van der Waals surface area contributed by atoms with Crippen LogP contribution in [0.4, 0.5) is 19.4 Å². The second-order valence-corrected chi connectivity index (χ2v) is 6.66. The molecule has 0 saturated carbocycles. The van der Waals surface area contributed by atoms with Crippen LogP contribution in [0.5, 0.6) is 0 Å². The molecule has 1 aromatic carbocycles. The Bertz CT molecular complexity index is 385. The van der Waals surface area contributed by atoms with Crippen LogP contribution in [0.3, 0.4) is 0 Å². The molecule has 100 valence electrons. The van der Waals surface area contributed by atoms with Gasteiger partial charge in [-0.25, -0.2) is 0 Å². The average Bonchev–Trinajstić information content (AvgIpc) is 2.11. The smallest absolute Gasteiger partial charge is 0.290 e. The predicted octanol–water partition coefficient (Wildman–Crippen LogP) is 4.28. The summed E-state index contributed by atoms with van der Waals surface area (Å²) in [5, 5.41) is 5.95. The Morgan fingerprint density at radius 3 is 1.88 bits per heavy atom. The molecule has 0 aliphatic rings. The minimum Gasteiger partial charge on any atom is -0.392 e. The molecule has 0 spiro atoms. The van der Waals surface area contributed by atoms with Crippen LogP contribution in [0, 0.1) is 0 Å². The highest BCUT2D eigenvalue weighted by molar-refractivity contribution is 8.46. The third-order valence-electron chi connectivity index (χ3n) is 2.39. The fourth-order valence-corrected chi connectivity index (χ4v) is 2.80. The van der Waals surface area contributed by atoms with Gasteiger partial charge < -0.3 is 5.11 Å². The largest absolute Gasteiger partial charge is 0.392 e. The van der Waals surface area contributed by atoms with E-state index in [1.54, 1.807) is 6.07 Å². The Balaban J connectivity index is 3.07. The fraction of sp³-hybridized carbons (Fsp3) is 0.400. The van der Waals surface area contributed by atoms with Crippen molar-refractivity contribution in [2.24, 2.45) is 0 Å². The van der Waals surface area contributed by atoms with Gasteiger partial charge in [-0.05, 0) is 18.9 Å². The fourth-order valence-electron chi connectivity index (χ4n) is 1.55. The molecule has 0 aromatic heterocycles. The summed E-state index contributed by atoms with van der Waals surface area (Å²) in [4.78, 5) is 0. The lowest BCUT2D eigenvalue weighted by atomic mass is 10.1. The number of hydrogen-bond acceptors (Lipinski definition) is 1. The van der Waals surface area contributed by atoms with Crippen molar-refractivity contribution in [2.45, 2.75) is 24.7 Å². The summed E-state index contributed by atoms with van der Waals surface area (Å²) in [6.45, 7) is 0.728.